The molecule has 1 spiro atoms. The zero-order valence-corrected chi connectivity index (χ0v) is 16.3. The molecular formula is C21H26N4O3. The molecule has 0 radical (unpaired) electrons. The van der Waals surface area contributed by atoms with Crippen LogP contribution < -0.4 is 5.32 Å². The lowest BCUT2D eigenvalue weighted by Crippen LogP contribution is -2.55. The molecule has 1 atom stereocenters. The second-order valence-electron chi connectivity index (χ2n) is 8.04. The Morgan fingerprint density at radius 2 is 2.00 bits per heavy atom. The van der Waals surface area contributed by atoms with E-state index in [0.29, 0.717) is 12.8 Å². The fraction of sp³-hybridized carbons (Fsp3) is 0.476. The first-order chi connectivity index (χ1) is 13.4. The Hall–Kier alpha value is -2.67. The van der Waals surface area contributed by atoms with Crippen molar-refractivity contribution in [3.05, 3.63) is 47.3 Å². The number of benzene rings is 1. The van der Waals surface area contributed by atoms with E-state index in [1.165, 1.54) is 5.56 Å². The number of hydrogen-bond donors (Lipinski definition) is 2. The summed E-state index contributed by atoms with van der Waals surface area (Å²) in [5.74, 6) is -1.64. The normalized spacial score (nSPS) is 21.8. The lowest BCUT2D eigenvalue weighted by molar-refractivity contribution is -0.144. The first kappa shape index (κ1) is 18.7. The molecule has 7 heteroatoms. The number of hydrogen-bond acceptors (Lipinski definition) is 4. The molecule has 28 heavy (non-hydrogen) atoms. The number of likely N-dealkylation sites (tertiary alicyclic amines) is 1. The van der Waals surface area contributed by atoms with Gasteiger partial charge >= 0.3 is 5.97 Å². The van der Waals surface area contributed by atoms with Crippen molar-refractivity contribution < 1.29 is 14.7 Å². The number of nitrogens with one attached hydrogen (secondary N) is 1. The fourth-order valence-electron chi connectivity index (χ4n) is 4.67. The number of amides is 1. The van der Waals surface area contributed by atoms with E-state index in [0.717, 1.165) is 36.7 Å². The maximum Gasteiger partial charge on any atom is 0.309 e. The summed E-state index contributed by atoms with van der Waals surface area (Å²) in [7, 11) is 0. The monoisotopic (exact) mass is 382 g/mol. The molecule has 2 N–H and O–H groups in total. The molecule has 0 saturated carbocycles. The summed E-state index contributed by atoms with van der Waals surface area (Å²) in [6.45, 7) is 6.34. The quantitative estimate of drug-likeness (QED) is 0.845. The van der Waals surface area contributed by atoms with Gasteiger partial charge in [0.1, 0.15) is 0 Å². The summed E-state index contributed by atoms with van der Waals surface area (Å²) < 4.78 is 1.98. The van der Waals surface area contributed by atoms with Gasteiger partial charge in [-0.2, -0.15) is 5.10 Å². The molecule has 2 aliphatic heterocycles. The number of piperidine rings is 1. The van der Waals surface area contributed by atoms with Gasteiger partial charge in [-0.3, -0.25) is 14.5 Å². The minimum absolute atomic E-state index is 0.0933. The van der Waals surface area contributed by atoms with E-state index in [1.54, 1.807) is 0 Å². The molecule has 2 aromatic rings. The summed E-state index contributed by atoms with van der Waals surface area (Å²) in [4.78, 5) is 25.8. The summed E-state index contributed by atoms with van der Waals surface area (Å²) in [5.41, 5.74) is 3.76. The Labute approximate surface area is 164 Å². The van der Waals surface area contributed by atoms with Gasteiger partial charge in [-0.15, -0.1) is 0 Å². The van der Waals surface area contributed by atoms with Gasteiger partial charge in [-0.1, -0.05) is 18.2 Å². The second kappa shape index (κ2) is 7.05. The molecule has 148 valence electrons. The van der Waals surface area contributed by atoms with Gasteiger partial charge in [-0.05, 0) is 44.4 Å². The maximum absolute atomic E-state index is 11.8. The number of aliphatic carboxylic acids is 1. The third-order valence-electron chi connectivity index (χ3n) is 6.11. The lowest BCUT2D eigenvalue weighted by Gasteiger charge is -2.41. The maximum atomic E-state index is 11.8. The molecule has 2 saturated heterocycles. The minimum atomic E-state index is -0.873. The summed E-state index contributed by atoms with van der Waals surface area (Å²) in [6.07, 6.45) is 1.42. The molecule has 0 aliphatic carbocycles. The van der Waals surface area contributed by atoms with Crippen molar-refractivity contribution in [3.63, 3.8) is 0 Å². The third kappa shape index (κ3) is 3.30. The average molecular weight is 382 g/mol. The zero-order chi connectivity index (χ0) is 19.9. The molecule has 0 unspecified atom stereocenters. The molecule has 0 bridgehead atoms. The largest absolute Gasteiger partial charge is 0.481 e. The molecular weight excluding hydrogens is 356 g/mol. The van der Waals surface area contributed by atoms with Gasteiger partial charge in [0.2, 0.25) is 5.91 Å². The van der Waals surface area contributed by atoms with Crippen molar-refractivity contribution in [2.45, 2.75) is 45.2 Å². The van der Waals surface area contributed by atoms with E-state index in [1.807, 2.05) is 23.7 Å². The van der Waals surface area contributed by atoms with Crippen LogP contribution in [0.15, 0.2) is 30.3 Å². The van der Waals surface area contributed by atoms with Crippen LogP contribution in [-0.2, 0) is 16.1 Å². The smallest absolute Gasteiger partial charge is 0.309 e. The first-order valence-corrected chi connectivity index (χ1v) is 9.76. The van der Waals surface area contributed by atoms with Gasteiger partial charge in [0.05, 0.1) is 22.8 Å². The van der Waals surface area contributed by atoms with Gasteiger partial charge in [0.15, 0.2) is 0 Å². The number of aromatic nitrogens is 2. The molecule has 7 nitrogen and oxygen atoms in total. The molecule has 1 aromatic carbocycles. The predicted molar refractivity (Wildman–Crippen MR) is 104 cm³/mol. The van der Waals surface area contributed by atoms with E-state index in [-0.39, 0.29) is 12.3 Å². The van der Waals surface area contributed by atoms with Gasteiger partial charge in [0, 0.05) is 31.7 Å². The van der Waals surface area contributed by atoms with Crippen LogP contribution in [0.4, 0.5) is 0 Å². The Morgan fingerprint density at radius 1 is 1.29 bits per heavy atom. The number of para-hydroxylation sites is 1. The summed E-state index contributed by atoms with van der Waals surface area (Å²) >= 11 is 0. The van der Waals surface area contributed by atoms with Crippen molar-refractivity contribution in [3.8, 4) is 5.69 Å². The first-order valence-electron chi connectivity index (χ1n) is 9.76. The number of aryl methyl sites for hydroxylation is 2. The molecule has 2 fully saturated rings. The topological polar surface area (TPSA) is 87.5 Å². The van der Waals surface area contributed by atoms with Crippen LogP contribution >= 0.6 is 0 Å². The Balaban J connectivity index is 1.50. The molecule has 1 aromatic heterocycles. The number of nitrogens with zero attached hydrogens (tertiary/aromatic N) is 3. The third-order valence-corrected chi connectivity index (χ3v) is 6.11. The fourth-order valence-corrected chi connectivity index (χ4v) is 4.67. The van der Waals surface area contributed by atoms with Crippen LogP contribution in [0.5, 0.6) is 0 Å². The standard InChI is InChI=1S/C21H26N4O3/c1-14-11-15(2)25(23-14)18-6-4-3-5-16(18)13-24-9-7-21(8-10-24)17(20(27)28)12-19(26)22-21/h3-6,11,17H,7-10,12-13H2,1-2H3,(H,22,26)(H,27,28)/t17-/m0/s1. The predicted octanol–water partition coefficient (Wildman–Crippen LogP) is 2.04. The lowest BCUT2D eigenvalue weighted by atomic mass is 9.77. The Bertz CT molecular complexity index is 912. The van der Waals surface area contributed by atoms with Gasteiger partial charge in [0.25, 0.3) is 0 Å². The number of carbonyl (C=O) groups excluding carboxylic acids is 1. The van der Waals surface area contributed by atoms with Crippen molar-refractivity contribution in [1.29, 1.82) is 0 Å². The van der Waals surface area contributed by atoms with Crippen LogP contribution in [0.3, 0.4) is 0 Å². The van der Waals surface area contributed by atoms with Crippen molar-refractivity contribution in [1.82, 2.24) is 20.0 Å². The van der Waals surface area contributed by atoms with Crippen molar-refractivity contribution >= 4 is 11.9 Å². The number of carboxylic acid groups (broad SMARTS) is 1. The van der Waals surface area contributed by atoms with Crippen LogP contribution in [0, 0.1) is 19.8 Å². The van der Waals surface area contributed by atoms with Crippen LogP contribution in [0.25, 0.3) is 5.69 Å². The van der Waals surface area contributed by atoms with Crippen LogP contribution in [0.1, 0.15) is 36.2 Å². The van der Waals surface area contributed by atoms with E-state index in [9.17, 15) is 14.7 Å². The highest BCUT2D eigenvalue weighted by Gasteiger charge is 2.51. The Kier molecular flexibility index (Phi) is 4.71. The second-order valence-corrected chi connectivity index (χ2v) is 8.04. The van der Waals surface area contributed by atoms with Gasteiger partial charge < -0.3 is 10.4 Å². The highest BCUT2D eigenvalue weighted by Crippen LogP contribution is 2.37. The van der Waals surface area contributed by atoms with E-state index in [2.05, 4.69) is 40.4 Å². The minimum Gasteiger partial charge on any atom is -0.481 e. The SMILES string of the molecule is Cc1cc(C)n(-c2ccccc2CN2CCC3(CC2)NC(=O)C[C@H]3C(=O)O)n1. The van der Waals surface area contributed by atoms with E-state index >= 15 is 0 Å². The molecule has 4 rings (SSSR count). The molecule has 1 amide bonds. The summed E-state index contributed by atoms with van der Waals surface area (Å²) in [5, 5.41) is 17.1. The van der Waals surface area contributed by atoms with Gasteiger partial charge in [-0.25, -0.2) is 4.68 Å². The van der Waals surface area contributed by atoms with Crippen LogP contribution in [-0.4, -0.2) is 50.3 Å². The highest BCUT2D eigenvalue weighted by atomic mass is 16.4. The van der Waals surface area contributed by atoms with E-state index < -0.39 is 17.4 Å². The Morgan fingerprint density at radius 3 is 2.64 bits per heavy atom. The number of carboxylic acids is 1. The van der Waals surface area contributed by atoms with Crippen molar-refractivity contribution in [2.75, 3.05) is 13.1 Å². The number of rotatable bonds is 4. The van der Waals surface area contributed by atoms with Crippen molar-refractivity contribution in [2.24, 2.45) is 5.92 Å². The van der Waals surface area contributed by atoms with Crippen LogP contribution in [0.2, 0.25) is 0 Å². The zero-order valence-electron chi connectivity index (χ0n) is 16.3. The summed E-state index contributed by atoms with van der Waals surface area (Å²) in [6, 6.07) is 10.3. The van der Waals surface area contributed by atoms with E-state index in [4.69, 9.17) is 0 Å². The molecule has 3 heterocycles. The molecule has 2 aliphatic rings. The number of carbonyl (C=O) groups is 2. The average Bonchev–Trinajstić information content (AvgIpc) is 3.16. The highest BCUT2D eigenvalue weighted by molar-refractivity contribution is 5.88.